The van der Waals surface area contributed by atoms with Crippen LogP contribution >= 0.6 is 0 Å². The molecule has 0 aromatic heterocycles. The van der Waals surface area contributed by atoms with Gasteiger partial charge in [-0.15, -0.1) is 0 Å². The summed E-state index contributed by atoms with van der Waals surface area (Å²) in [6.45, 7) is 0. The molecule has 0 saturated carbocycles. The second-order valence-corrected chi connectivity index (χ2v) is 0. The molecule has 0 aromatic rings. The summed E-state index contributed by atoms with van der Waals surface area (Å²) in [5.74, 6) is 0. The summed E-state index contributed by atoms with van der Waals surface area (Å²) in [5, 5.41) is 0. The van der Waals surface area contributed by atoms with Crippen LogP contribution in [0.4, 0.5) is 0 Å². The molecule has 6 heavy (non-hydrogen) atoms. The van der Waals surface area contributed by atoms with E-state index in [-0.39, 0.29) is 56.7 Å². The van der Waals surface area contributed by atoms with Crippen LogP contribution in [0.15, 0.2) is 0 Å². The Morgan fingerprint density at radius 2 is 0.833 bits per heavy atom. The third-order valence-corrected chi connectivity index (χ3v) is 0. The van der Waals surface area contributed by atoms with Gasteiger partial charge >= 0.3 is 29.7 Å². The van der Waals surface area contributed by atoms with Crippen molar-refractivity contribution < 1.29 is 61.5 Å². The van der Waals surface area contributed by atoms with Crippen molar-refractivity contribution in [3.63, 3.8) is 0 Å². The van der Waals surface area contributed by atoms with Gasteiger partial charge in [0.05, 0.1) is 0 Å². The van der Waals surface area contributed by atoms with Gasteiger partial charge in [-0.2, -0.15) is 0 Å². The first-order chi connectivity index (χ1) is 1.00. The SMILES string of the molecule is N#[O+].[Cl-].[Cl-].[Cl-].[Ru+2]. The van der Waals surface area contributed by atoms with Gasteiger partial charge in [0.2, 0.25) is 0 Å². The maximum atomic E-state index is 7.25. The van der Waals surface area contributed by atoms with Crippen LogP contribution in [-0.2, 0) is 24.3 Å². The van der Waals surface area contributed by atoms with E-state index in [1.807, 2.05) is 0 Å². The number of rotatable bonds is 0. The molecule has 0 saturated heterocycles. The van der Waals surface area contributed by atoms with E-state index in [9.17, 15) is 0 Å². The van der Waals surface area contributed by atoms with Crippen LogP contribution in [0.25, 0.3) is 0 Å². The van der Waals surface area contributed by atoms with Gasteiger partial charge in [0.25, 0.3) is 0 Å². The van der Waals surface area contributed by atoms with E-state index in [4.69, 9.17) is 10.2 Å². The van der Waals surface area contributed by atoms with Gasteiger partial charge in [0.15, 0.2) is 0 Å². The van der Waals surface area contributed by atoms with Crippen molar-refractivity contribution >= 4 is 0 Å². The van der Waals surface area contributed by atoms with E-state index in [0.717, 1.165) is 0 Å². The van der Waals surface area contributed by atoms with E-state index < -0.39 is 0 Å². The summed E-state index contributed by atoms with van der Waals surface area (Å²) < 4.78 is 7.25. The molecule has 0 aromatic carbocycles. The van der Waals surface area contributed by atoms with Gasteiger partial charge in [-0.1, -0.05) is 0 Å². The predicted octanol–water partition coefficient (Wildman–Crippen LogP) is -9.09. The van der Waals surface area contributed by atoms with Crippen molar-refractivity contribution in [1.29, 1.82) is 5.46 Å². The molecule has 40 valence electrons. The minimum Gasteiger partial charge on any atom is -1.00 e. The molecule has 6 heteroatoms. The first-order valence-corrected chi connectivity index (χ1v) is 0.183. The van der Waals surface area contributed by atoms with Crippen LogP contribution in [0, 0.1) is 5.46 Å². The Morgan fingerprint density at radius 1 is 0.833 bits per heavy atom. The normalized spacial score (nSPS) is 0.333. The zero-order valence-electron chi connectivity index (χ0n) is 2.34. The van der Waals surface area contributed by atoms with Crippen LogP contribution in [0.3, 0.4) is 0 Å². The Bertz CT molecular complexity index is 15.5. The summed E-state index contributed by atoms with van der Waals surface area (Å²) in [6.07, 6.45) is 0. The molecule has 0 aliphatic heterocycles. The minimum absolute atomic E-state index is 0. The average Bonchev–Trinajstić information content (AvgIpc) is 1.00. The smallest absolute Gasteiger partial charge is 1.00 e. The molecule has 0 radical (unpaired) electrons. The molecule has 0 aliphatic rings. The van der Waals surface area contributed by atoms with Crippen molar-refractivity contribution in [1.82, 2.24) is 0 Å². The van der Waals surface area contributed by atoms with Crippen molar-refractivity contribution in [2.75, 3.05) is 0 Å². The maximum absolute atomic E-state index is 7.25. The third-order valence-electron chi connectivity index (χ3n) is 0. The quantitative estimate of drug-likeness (QED) is 0.305. The Kier molecular flexibility index (Phi) is 1180. The van der Waals surface area contributed by atoms with Crippen molar-refractivity contribution in [3.05, 3.63) is 0 Å². The molecular formula is Cl3NORu. The van der Waals surface area contributed by atoms with Crippen LogP contribution in [0.1, 0.15) is 0 Å². The minimum atomic E-state index is 0. The topological polar surface area (TPSA) is 43.7 Å². The van der Waals surface area contributed by atoms with Crippen molar-refractivity contribution in [2.24, 2.45) is 0 Å². The van der Waals surface area contributed by atoms with E-state index in [1.54, 1.807) is 0 Å². The average molecular weight is 237 g/mol. The van der Waals surface area contributed by atoms with Gasteiger partial charge in [-0.3, -0.25) is 0 Å². The molecule has 0 unspecified atom stereocenters. The first-order valence-electron chi connectivity index (χ1n) is 0.183. The predicted molar refractivity (Wildman–Crippen MR) is 2.41 cm³/mol. The molecule has 0 rings (SSSR count). The standard InChI is InChI=1S/3ClH.NO.Ru/c;;;1-2;/h3*1H;;/q;;;+1;+2/p-3. The fourth-order valence-electron chi connectivity index (χ4n) is 0. The summed E-state index contributed by atoms with van der Waals surface area (Å²) in [5.41, 5.74) is 5.75. The molecule has 2 nitrogen and oxygen atoms in total. The van der Waals surface area contributed by atoms with Gasteiger partial charge in [-0.25, -0.2) is 0 Å². The Balaban J connectivity index is -0.000000000833. The monoisotopic (exact) mass is 237 g/mol. The molecule has 0 atom stereocenters. The molecule has 0 spiro atoms. The van der Waals surface area contributed by atoms with Gasteiger partial charge in [0, 0.05) is 0 Å². The Morgan fingerprint density at radius 3 is 0.833 bits per heavy atom. The van der Waals surface area contributed by atoms with Crippen LogP contribution in [0.2, 0.25) is 0 Å². The molecule has 0 bridgehead atoms. The molecule has 0 heterocycles. The van der Waals surface area contributed by atoms with E-state index in [1.165, 1.54) is 0 Å². The van der Waals surface area contributed by atoms with E-state index in [2.05, 4.69) is 0 Å². The molecule has 0 N–H and O–H groups in total. The molecule has 0 fully saturated rings. The summed E-state index contributed by atoms with van der Waals surface area (Å²) in [4.78, 5) is 0. The van der Waals surface area contributed by atoms with Crippen molar-refractivity contribution in [3.8, 4) is 0 Å². The van der Waals surface area contributed by atoms with Crippen LogP contribution < -0.4 is 37.2 Å². The number of nitrogens with zero attached hydrogens (tertiary/aromatic N) is 1. The second kappa shape index (κ2) is 121. The summed E-state index contributed by atoms with van der Waals surface area (Å²) in [7, 11) is 0. The molecular weight excluding hydrogens is 237 g/mol. The number of hydrogen-bond donors (Lipinski definition) is 0. The van der Waals surface area contributed by atoms with Gasteiger partial charge in [-0.05, 0) is 0 Å². The Hall–Kier alpha value is 1.16. The molecule has 0 amide bonds. The fourth-order valence-corrected chi connectivity index (χ4v) is 0. The maximum Gasteiger partial charge on any atom is 2.00 e. The zero-order valence-corrected chi connectivity index (χ0v) is 6.35. The van der Waals surface area contributed by atoms with Gasteiger partial charge in [0.1, 0.15) is 0 Å². The third kappa shape index (κ3) is 66.1. The first kappa shape index (κ1) is 58.1. The van der Waals surface area contributed by atoms with E-state index in [0.29, 0.717) is 0 Å². The summed E-state index contributed by atoms with van der Waals surface area (Å²) >= 11 is 0. The van der Waals surface area contributed by atoms with Gasteiger partial charge < -0.3 is 37.2 Å². The van der Waals surface area contributed by atoms with Crippen molar-refractivity contribution in [2.45, 2.75) is 0 Å². The van der Waals surface area contributed by atoms with Crippen LogP contribution in [0.5, 0.6) is 0 Å². The number of hydrogen-bond acceptors (Lipinski definition) is 1. The van der Waals surface area contributed by atoms with Crippen LogP contribution in [-0.4, -0.2) is 0 Å². The molecule has 0 aliphatic carbocycles. The zero-order chi connectivity index (χ0) is 2.00. The summed E-state index contributed by atoms with van der Waals surface area (Å²) in [6, 6.07) is 0. The number of halogens is 3. The van der Waals surface area contributed by atoms with E-state index >= 15 is 0 Å². The second-order valence-electron chi connectivity index (χ2n) is 0. The largest absolute Gasteiger partial charge is 2.00 e. The Labute approximate surface area is 66.9 Å². The fraction of sp³-hybridized carbons (Fsp3) is 0.